The number of amides is 1. The monoisotopic (exact) mass is 372 g/mol. The van der Waals surface area contributed by atoms with Gasteiger partial charge in [0.1, 0.15) is 5.75 Å². The van der Waals surface area contributed by atoms with Crippen molar-refractivity contribution in [2.45, 2.75) is 11.1 Å². The van der Waals surface area contributed by atoms with Gasteiger partial charge in [0.15, 0.2) is 5.13 Å². The van der Waals surface area contributed by atoms with Gasteiger partial charge in [-0.2, -0.15) is 0 Å². The van der Waals surface area contributed by atoms with Gasteiger partial charge in [-0.1, -0.05) is 27.3 Å². The first-order valence-corrected chi connectivity index (χ1v) is 8.55. The second kappa shape index (κ2) is 6.60. The molecule has 106 valence electrons. The third-order valence-electron chi connectivity index (χ3n) is 2.57. The molecule has 0 unspecified atom stereocenters. The van der Waals surface area contributed by atoms with Crippen LogP contribution in [0.2, 0.25) is 0 Å². The fourth-order valence-electron chi connectivity index (χ4n) is 1.64. The molecule has 1 aromatic heterocycles. The summed E-state index contributed by atoms with van der Waals surface area (Å²) in [5, 5.41) is 3.41. The Labute approximate surface area is 134 Å². The molecule has 0 atom stereocenters. The van der Waals surface area contributed by atoms with E-state index < -0.39 is 0 Å². The van der Waals surface area contributed by atoms with Crippen LogP contribution in [0.1, 0.15) is 16.1 Å². The minimum Gasteiger partial charge on any atom is -0.496 e. The zero-order valence-corrected chi connectivity index (χ0v) is 14.4. The smallest absolute Gasteiger partial charge is 0.261 e. The molecule has 0 spiro atoms. The normalized spacial score (nSPS) is 10.4. The van der Waals surface area contributed by atoms with Crippen LogP contribution in [0.15, 0.2) is 26.9 Å². The zero-order valence-electron chi connectivity index (χ0n) is 11.2. The van der Waals surface area contributed by atoms with Crippen LogP contribution in [0.5, 0.6) is 5.75 Å². The number of nitrogens with one attached hydrogen (secondary N) is 1. The maximum Gasteiger partial charge on any atom is 0.261 e. The third-order valence-corrected chi connectivity index (χ3v) is 5.35. The van der Waals surface area contributed by atoms with Gasteiger partial charge in [-0.25, -0.2) is 4.98 Å². The van der Waals surface area contributed by atoms with Gasteiger partial charge in [-0.15, -0.1) is 11.8 Å². The van der Waals surface area contributed by atoms with Crippen molar-refractivity contribution in [2.24, 2.45) is 0 Å². The van der Waals surface area contributed by atoms with Crippen molar-refractivity contribution in [3.8, 4) is 5.75 Å². The van der Waals surface area contributed by atoms with E-state index in [2.05, 4.69) is 26.2 Å². The predicted octanol–water partition coefficient (Wildman–Crippen LogP) is 4.20. The fraction of sp³-hybridized carbons (Fsp3) is 0.231. The zero-order chi connectivity index (χ0) is 14.7. The average molecular weight is 373 g/mol. The third kappa shape index (κ3) is 3.34. The largest absolute Gasteiger partial charge is 0.496 e. The Morgan fingerprint density at radius 3 is 2.85 bits per heavy atom. The van der Waals surface area contributed by atoms with Gasteiger partial charge in [0.05, 0.1) is 22.6 Å². The lowest BCUT2D eigenvalue weighted by Crippen LogP contribution is -2.13. The Morgan fingerprint density at radius 2 is 2.25 bits per heavy atom. The maximum absolute atomic E-state index is 12.3. The number of rotatable bonds is 4. The molecule has 1 aromatic carbocycles. The number of carbonyl (C=O) groups excluding carboxylic acids is 1. The first-order chi connectivity index (χ1) is 9.55. The number of aryl methyl sites for hydroxylation is 1. The molecule has 1 N–H and O–H groups in total. The highest BCUT2D eigenvalue weighted by atomic mass is 79.9. The molecule has 1 amide bonds. The van der Waals surface area contributed by atoms with Gasteiger partial charge in [0, 0.05) is 4.47 Å². The molecule has 20 heavy (non-hydrogen) atoms. The molecule has 7 heteroatoms. The van der Waals surface area contributed by atoms with Crippen molar-refractivity contribution >= 4 is 50.1 Å². The lowest BCUT2D eigenvalue weighted by atomic mass is 10.2. The van der Waals surface area contributed by atoms with Crippen molar-refractivity contribution in [2.75, 3.05) is 18.7 Å². The SMILES string of the molecule is COc1cc(Br)ccc1C(=O)Nc1nc(C)c(SC)s1. The van der Waals surface area contributed by atoms with Gasteiger partial charge >= 0.3 is 0 Å². The number of hydrogen-bond acceptors (Lipinski definition) is 5. The summed E-state index contributed by atoms with van der Waals surface area (Å²) in [6, 6.07) is 5.28. The number of thiazole rings is 1. The van der Waals surface area contributed by atoms with Crippen LogP contribution in [0.3, 0.4) is 0 Å². The number of anilines is 1. The van der Waals surface area contributed by atoms with E-state index in [1.807, 2.05) is 13.2 Å². The summed E-state index contributed by atoms with van der Waals surface area (Å²) in [4.78, 5) is 16.6. The number of nitrogens with zero attached hydrogens (tertiary/aromatic N) is 1. The molecule has 0 radical (unpaired) electrons. The van der Waals surface area contributed by atoms with Crippen LogP contribution in [-0.2, 0) is 0 Å². The Hall–Kier alpha value is -1.05. The molecule has 2 rings (SSSR count). The van der Waals surface area contributed by atoms with E-state index in [1.54, 1.807) is 30.0 Å². The molecule has 0 aliphatic carbocycles. The second-order valence-corrected chi connectivity index (χ2v) is 6.88. The van der Waals surface area contributed by atoms with Crippen molar-refractivity contribution in [1.29, 1.82) is 0 Å². The number of methoxy groups -OCH3 is 1. The molecule has 2 aromatic rings. The highest BCUT2D eigenvalue weighted by molar-refractivity contribution is 9.10. The summed E-state index contributed by atoms with van der Waals surface area (Å²) in [7, 11) is 1.54. The molecule has 0 bridgehead atoms. The van der Waals surface area contributed by atoms with E-state index >= 15 is 0 Å². The number of thioether (sulfide) groups is 1. The Bertz CT molecular complexity index is 643. The van der Waals surface area contributed by atoms with Gasteiger partial charge < -0.3 is 4.74 Å². The molecular weight excluding hydrogens is 360 g/mol. The lowest BCUT2D eigenvalue weighted by molar-refractivity contribution is 0.102. The van der Waals surface area contributed by atoms with Crippen LogP contribution >= 0.6 is 39.0 Å². The summed E-state index contributed by atoms with van der Waals surface area (Å²) in [5.74, 6) is 0.297. The van der Waals surface area contributed by atoms with Crippen LogP contribution in [0, 0.1) is 6.92 Å². The number of benzene rings is 1. The van der Waals surface area contributed by atoms with Crippen LogP contribution in [-0.4, -0.2) is 24.3 Å². The molecule has 0 saturated heterocycles. The van der Waals surface area contributed by atoms with Gasteiger partial charge in [-0.3, -0.25) is 10.1 Å². The molecule has 4 nitrogen and oxygen atoms in total. The standard InChI is InChI=1S/C13H13BrN2O2S2/c1-7-12(19-3)20-13(15-7)16-11(17)9-5-4-8(14)6-10(9)18-2/h4-6H,1-3H3,(H,15,16,17). The Kier molecular flexibility index (Phi) is 5.06. The Morgan fingerprint density at radius 1 is 1.50 bits per heavy atom. The summed E-state index contributed by atoms with van der Waals surface area (Å²) < 4.78 is 7.18. The molecule has 0 fully saturated rings. The molecular formula is C13H13BrN2O2S2. The van der Waals surface area contributed by atoms with E-state index in [0.717, 1.165) is 14.4 Å². The molecule has 0 aliphatic rings. The van der Waals surface area contributed by atoms with Crippen molar-refractivity contribution in [1.82, 2.24) is 4.98 Å². The number of aromatic nitrogens is 1. The summed E-state index contributed by atoms with van der Waals surface area (Å²) in [6.07, 6.45) is 1.99. The molecule has 0 saturated carbocycles. The van der Waals surface area contributed by atoms with E-state index in [-0.39, 0.29) is 5.91 Å². The van der Waals surface area contributed by atoms with Crippen molar-refractivity contribution in [3.05, 3.63) is 33.9 Å². The predicted molar refractivity (Wildman–Crippen MR) is 87.3 cm³/mol. The highest BCUT2D eigenvalue weighted by Crippen LogP contribution is 2.31. The average Bonchev–Trinajstić information content (AvgIpc) is 2.78. The van der Waals surface area contributed by atoms with Crippen LogP contribution in [0.25, 0.3) is 0 Å². The minimum absolute atomic E-state index is 0.226. The molecule has 1 heterocycles. The quantitative estimate of drug-likeness (QED) is 0.817. The lowest BCUT2D eigenvalue weighted by Gasteiger charge is -2.08. The number of carbonyl (C=O) groups is 1. The van der Waals surface area contributed by atoms with E-state index in [0.29, 0.717) is 16.4 Å². The summed E-state index contributed by atoms with van der Waals surface area (Å²) >= 11 is 6.44. The van der Waals surface area contributed by atoms with Gasteiger partial charge in [-0.05, 0) is 31.4 Å². The van der Waals surface area contributed by atoms with E-state index in [1.165, 1.54) is 18.4 Å². The van der Waals surface area contributed by atoms with Crippen molar-refractivity contribution in [3.63, 3.8) is 0 Å². The van der Waals surface area contributed by atoms with E-state index in [9.17, 15) is 4.79 Å². The maximum atomic E-state index is 12.3. The van der Waals surface area contributed by atoms with Gasteiger partial charge in [0.2, 0.25) is 0 Å². The second-order valence-electron chi connectivity index (χ2n) is 3.89. The van der Waals surface area contributed by atoms with Crippen LogP contribution < -0.4 is 10.1 Å². The molecule has 0 aliphatic heterocycles. The first-order valence-electron chi connectivity index (χ1n) is 5.71. The number of ether oxygens (including phenoxy) is 1. The summed E-state index contributed by atoms with van der Waals surface area (Å²) in [5.41, 5.74) is 1.41. The Balaban J connectivity index is 2.23. The highest BCUT2D eigenvalue weighted by Gasteiger charge is 2.15. The van der Waals surface area contributed by atoms with Crippen molar-refractivity contribution < 1.29 is 9.53 Å². The van der Waals surface area contributed by atoms with E-state index in [4.69, 9.17) is 4.74 Å². The minimum atomic E-state index is -0.226. The first kappa shape index (κ1) is 15.3. The number of halogens is 1. The van der Waals surface area contributed by atoms with Gasteiger partial charge in [0.25, 0.3) is 5.91 Å². The fourth-order valence-corrected chi connectivity index (χ4v) is 3.59. The summed E-state index contributed by atoms with van der Waals surface area (Å²) in [6.45, 7) is 1.93. The topological polar surface area (TPSA) is 51.2 Å². The number of hydrogen-bond donors (Lipinski definition) is 1. The van der Waals surface area contributed by atoms with Crippen LogP contribution in [0.4, 0.5) is 5.13 Å².